The Morgan fingerprint density at radius 1 is 1.25 bits per heavy atom. The van der Waals surface area contributed by atoms with Gasteiger partial charge in [-0.3, -0.25) is 0 Å². The fourth-order valence-corrected chi connectivity index (χ4v) is 0.900. The zero-order chi connectivity index (χ0) is 9.23. The Hall–Kier alpha value is 0.0300. The molecular weight excluding hydrogens is 180 g/mol. The van der Waals surface area contributed by atoms with Crippen LogP contribution in [0.5, 0.6) is 0 Å². The van der Waals surface area contributed by atoms with E-state index in [0.29, 0.717) is 19.8 Å². The molecular formula is C7H16O4S. The van der Waals surface area contributed by atoms with Crippen molar-refractivity contribution < 1.29 is 18.2 Å². The van der Waals surface area contributed by atoms with Gasteiger partial charge in [-0.2, -0.15) is 0 Å². The lowest BCUT2D eigenvalue weighted by Crippen LogP contribution is -2.07. The summed E-state index contributed by atoms with van der Waals surface area (Å²) in [6.45, 7) is 4.29. The molecule has 0 fully saturated rings. The zero-order valence-electron chi connectivity index (χ0n) is 7.32. The van der Waals surface area contributed by atoms with Crippen LogP contribution < -0.4 is 0 Å². The fourth-order valence-electron chi connectivity index (χ4n) is 0.640. The molecule has 4 nitrogen and oxygen atoms in total. The van der Waals surface area contributed by atoms with Gasteiger partial charge in [0.1, 0.15) is 0 Å². The molecule has 12 heavy (non-hydrogen) atoms. The van der Waals surface area contributed by atoms with Crippen LogP contribution >= 0.6 is 0 Å². The first-order valence-electron chi connectivity index (χ1n) is 4.00. The molecule has 0 heterocycles. The third-order valence-electron chi connectivity index (χ3n) is 1.18. The highest BCUT2D eigenvalue weighted by atomic mass is 32.2. The summed E-state index contributed by atoms with van der Waals surface area (Å²) in [5.74, 6) is 0.189. The van der Waals surface area contributed by atoms with Crippen molar-refractivity contribution in [3.05, 3.63) is 0 Å². The van der Waals surface area contributed by atoms with Crippen LogP contribution in [0.4, 0.5) is 0 Å². The van der Waals surface area contributed by atoms with Gasteiger partial charge in [-0.25, -0.2) is 4.21 Å². The van der Waals surface area contributed by atoms with Crippen LogP contribution in [0.1, 0.15) is 13.3 Å². The lowest BCUT2D eigenvalue weighted by Gasteiger charge is -2.02. The van der Waals surface area contributed by atoms with E-state index >= 15 is 0 Å². The van der Waals surface area contributed by atoms with Crippen molar-refractivity contribution in [1.29, 1.82) is 0 Å². The van der Waals surface area contributed by atoms with Crippen molar-refractivity contribution in [1.82, 2.24) is 0 Å². The molecule has 1 N–H and O–H groups in total. The van der Waals surface area contributed by atoms with Gasteiger partial charge in [0.2, 0.25) is 0 Å². The third kappa shape index (κ3) is 10.0. The van der Waals surface area contributed by atoms with Crippen molar-refractivity contribution in [3.8, 4) is 0 Å². The van der Waals surface area contributed by atoms with E-state index in [9.17, 15) is 4.21 Å². The summed E-state index contributed by atoms with van der Waals surface area (Å²) >= 11 is -1.73. The highest BCUT2D eigenvalue weighted by molar-refractivity contribution is 7.79. The molecule has 0 radical (unpaired) electrons. The Balaban J connectivity index is 2.86. The molecule has 0 aromatic heterocycles. The molecule has 0 aromatic carbocycles. The highest BCUT2D eigenvalue weighted by Crippen LogP contribution is 1.85. The van der Waals surface area contributed by atoms with Crippen LogP contribution in [-0.4, -0.2) is 40.9 Å². The van der Waals surface area contributed by atoms with E-state index in [-0.39, 0.29) is 5.75 Å². The molecule has 0 saturated carbocycles. The van der Waals surface area contributed by atoms with Crippen LogP contribution in [0.25, 0.3) is 0 Å². The third-order valence-corrected chi connectivity index (χ3v) is 1.70. The standard InChI is InChI=1S/C7H16O4S/c1-2-10-4-3-5-11-6-7-12(8)9/h2-7H2,1H3,(H,8,9). The Morgan fingerprint density at radius 2 is 1.92 bits per heavy atom. The van der Waals surface area contributed by atoms with E-state index < -0.39 is 11.1 Å². The Kier molecular flexibility index (Phi) is 9.14. The van der Waals surface area contributed by atoms with Crippen LogP contribution in [0, 0.1) is 0 Å². The number of rotatable bonds is 8. The van der Waals surface area contributed by atoms with Crippen molar-refractivity contribution in [2.45, 2.75) is 13.3 Å². The van der Waals surface area contributed by atoms with Crippen molar-refractivity contribution in [2.24, 2.45) is 0 Å². The molecule has 0 aromatic rings. The van der Waals surface area contributed by atoms with Crippen molar-refractivity contribution >= 4 is 11.1 Å². The van der Waals surface area contributed by atoms with Gasteiger partial charge >= 0.3 is 0 Å². The van der Waals surface area contributed by atoms with Gasteiger partial charge in [-0.05, 0) is 13.3 Å². The molecule has 0 aliphatic rings. The van der Waals surface area contributed by atoms with Gasteiger partial charge < -0.3 is 14.0 Å². The maximum atomic E-state index is 10.1. The summed E-state index contributed by atoms with van der Waals surface area (Å²) in [4.78, 5) is 0. The average Bonchev–Trinajstić information content (AvgIpc) is 2.02. The molecule has 0 amide bonds. The van der Waals surface area contributed by atoms with Gasteiger partial charge in [0.15, 0.2) is 11.1 Å². The van der Waals surface area contributed by atoms with Crippen LogP contribution in [-0.2, 0) is 20.6 Å². The largest absolute Gasteiger partial charge is 0.382 e. The van der Waals surface area contributed by atoms with Gasteiger partial charge in [-0.1, -0.05) is 0 Å². The topological polar surface area (TPSA) is 55.8 Å². The quantitative estimate of drug-likeness (QED) is 0.457. The van der Waals surface area contributed by atoms with Crippen molar-refractivity contribution in [2.75, 3.05) is 32.2 Å². The monoisotopic (exact) mass is 196 g/mol. The van der Waals surface area contributed by atoms with Gasteiger partial charge in [-0.15, -0.1) is 0 Å². The minimum absolute atomic E-state index is 0.189. The minimum atomic E-state index is -1.73. The molecule has 5 heteroatoms. The van der Waals surface area contributed by atoms with Crippen LogP contribution in [0.3, 0.4) is 0 Å². The lowest BCUT2D eigenvalue weighted by molar-refractivity contribution is 0.0945. The highest BCUT2D eigenvalue weighted by Gasteiger charge is 1.93. The molecule has 0 aliphatic heterocycles. The molecule has 0 saturated heterocycles. The van der Waals surface area contributed by atoms with E-state index in [4.69, 9.17) is 14.0 Å². The molecule has 0 aliphatic carbocycles. The molecule has 1 unspecified atom stereocenters. The molecule has 0 bridgehead atoms. The zero-order valence-corrected chi connectivity index (χ0v) is 8.14. The van der Waals surface area contributed by atoms with E-state index in [1.54, 1.807) is 0 Å². The summed E-state index contributed by atoms with van der Waals surface area (Å²) in [5, 5.41) is 0. The smallest absolute Gasteiger partial charge is 0.155 e. The predicted octanol–water partition coefficient (Wildman–Crippen LogP) is 0.651. The van der Waals surface area contributed by atoms with Gasteiger partial charge in [0, 0.05) is 19.8 Å². The van der Waals surface area contributed by atoms with E-state index in [1.165, 1.54) is 0 Å². The van der Waals surface area contributed by atoms with E-state index in [0.717, 1.165) is 13.0 Å². The van der Waals surface area contributed by atoms with Crippen LogP contribution in [0.15, 0.2) is 0 Å². The second kappa shape index (κ2) is 9.12. The summed E-state index contributed by atoms with van der Waals surface area (Å²) in [6, 6.07) is 0. The maximum absolute atomic E-state index is 10.1. The van der Waals surface area contributed by atoms with E-state index in [1.807, 2.05) is 6.92 Å². The second-order valence-corrected chi connectivity index (χ2v) is 3.24. The SMILES string of the molecule is CCOCCCOCCS(=O)O. The molecule has 1 atom stereocenters. The van der Waals surface area contributed by atoms with E-state index in [2.05, 4.69) is 0 Å². The van der Waals surface area contributed by atoms with Crippen LogP contribution in [0.2, 0.25) is 0 Å². The first-order chi connectivity index (χ1) is 5.77. The first-order valence-corrected chi connectivity index (χ1v) is 5.28. The van der Waals surface area contributed by atoms with Crippen molar-refractivity contribution in [3.63, 3.8) is 0 Å². The number of hydrogen-bond donors (Lipinski definition) is 1. The average molecular weight is 196 g/mol. The Bertz CT molecular complexity index is 118. The Labute approximate surface area is 75.5 Å². The first kappa shape index (κ1) is 12.0. The summed E-state index contributed by atoms with van der Waals surface area (Å²) in [6.07, 6.45) is 0.839. The predicted molar refractivity (Wildman–Crippen MR) is 47.6 cm³/mol. The second-order valence-electron chi connectivity index (χ2n) is 2.19. The summed E-state index contributed by atoms with van der Waals surface area (Å²) in [7, 11) is 0. The number of ether oxygens (including phenoxy) is 2. The molecule has 0 spiro atoms. The number of hydrogen-bond acceptors (Lipinski definition) is 3. The van der Waals surface area contributed by atoms with Gasteiger partial charge in [0.25, 0.3) is 0 Å². The van der Waals surface area contributed by atoms with Gasteiger partial charge in [0.05, 0.1) is 12.4 Å². The summed E-state index contributed by atoms with van der Waals surface area (Å²) < 4.78 is 28.6. The molecule has 74 valence electrons. The lowest BCUT2D eigenvalue weighted by atomic mass is 10.5. The molecule has 0 rings (SSSR count). The summed E-state index contributed by atoms with van der Waals surface area (Å²) in [5.41, 5.74) is 0. The normalized spacial score (nSPS) is 13.2. The fraction of sp³-hybridized carbons (Fsp3) is 1.00. The minimum Gasteiger partial charge on any atom is -0.382 e. The Morgan fingerprint density at radius 3 is 2.50 bits per heavy atom. The maximum Gasteiger partial charge on any atom is 0.155 e.